The molecule has 2 aromatic rings. The van der Waals surface area contributed by atoms with Crippen molar-refractivity contribution in [2.75, 3.05) is 0 Å². The van der Waals surface area contributed by atoms with E-state index in [4.69, 9.17) is 11.6 Å². The lowest BCUT2D eigenvalue weighted by molar-refractivity contribution is 0.566. The van der Waals surface area contributed by atoms with Gasteiger partial charge in [-0.1, -0.05) is 31.0 Å². The number of H-pyrrole nitrogens is 1. The van der Waals surface area contributed by atoms with Crippen LogP contribution in [0.5, 0.6) is 0 Å². The highest BCUT2D eigenvalue weighted by atomic mass is 35.5. The molecule has 0 aliphatic carbocycles. The summed E-state index contributed by atoms with van der Waals surface area (Å²) in [7, 11) is 0. The Kier molecular flexibility index (Phi) is 5.56. The first kappa shape index (κ1) is 15.0. The molecule has 0 fully saturated rings. The average Bonchev–Trinajstić information content (AvgIpc) is 2.83. The maximum absolute atomic E-state index is 6.16. The smallest absolute Gasteiger partial charge is 0.151 e. The Morgan fingerprint density at radius 2 is 2.30 bits per heavy atom. The number of aromatic amines is 1. The number of nitrogens with one attached hydrogen (secondary N) is 2. The Hall–Kier alpha value is -1.39. The molecule has 0 spiro atoms. The first-order valence-electron chi connectivity index (χ1n) is 7.07. The van der Waals surface area contributed by atoms with Gasteiger partial charge in [0, 0.05) is 31.4 Å². The molecule has 0 saturated heterocycles. The molecule has 1 atom stereocenters. The number of hydrogen-bond donors (Lipinski definition) is 2. The fourth-order valence-corrected chi connectivity index (χ4v) is 2.24. The van der Waals surface area contributed by atoms with Crippen LogP contribution >= 0.6 is 11.6 Å². The van der Waals surface area contributed by atoms with Gasteiger partial charge in [-0.3, -0.25) is 4.98 Å². The summed E-state index contributed by atoms with van der Waals surface area (Å²) < 4.78 is 0. The predicted octanol–water partition coefficient (Wildman–Crippen LogP) is 3.65. The average molecular weight is 293 g/mol. The fourth-order valence-electron chi connectivity index (χ4n) is 2.02. The zero-order valence-corrected chi connectivity index (χ0v) is 12.7. The number of nitrogens with zero attached hydrogens (tertiary/aromatic N) is 2. The summed E-state index contributed by atoms with van der Waals surface area (Å²) in [5.74, 6) is 0.975. The maximum atomic E-state index is 6.16. The van der Waals surface area contributed by atoms with Crippen LogP contribution in [0, 0.1) is 0 Å². The van der Waals surface area contributed by atoms with Gasteiger partial charge in [0.25, 0.3) is 0 Å². The van der Waals surface area contributed by atoms with E-state index in [1.807, 2.05) is 12.3 Å². The number of imidazole rings is 1. The maximum Gasteiger partial charge on any atom is 0.151 e. The summed E-state index contributed by atoms with van der Waals surface area (Å²) in [5.41, 5.74) is 2.11. The van der Waals surface area contributed by atoms with Gasteiger partial charge in [0.05, 0.1) is 5.69 Å². The van der Waals surface area contributed by atoms with Crippen LogP contribution in [0.2, 0.25) is 5.15 Å². The van der Waals surface area contributed by atoms with Gasteiger partial charge >= 0.3 is 0 Å². The number of pyridine rings is 1. The summed E-state index contributed by atoms with van der Waals surface area (Å²) in [6.07, 6.45) is 6.89. The summed E-state index contributed by atoms with van der Waals surface area (Å²) in [4.78, 5) is 11.8. The fraction of sp³-hybridized carbons (Fsp3) is 0.467. The second-order valence-corrected chi connectivity index (χ2v) is 5.30. The molecule has 0 aliphatic heterocycles. The van der Waals surface area contributed by atoms with Gasteiger partial charge in [-0.15, -0.1) is 0 Å². The zero-order valence-electron chi connectivity index (χ0n) is 12.0. The summed E-state index contributed by atoms with van der Waals surface area (Å²) in [6, 6.07) is 4.23. The Morgan fingerprint density at radius 1 is 1.45 bits per heavy atom. The van der Waals surface area contributed by atoms with E-state index in [9.17, 15) is 0 Å². The van der Waals surface area contributed by atoms with E-state index in [1.165, 1.54) is 0 Å². The molecule has 0 aliphatic rings. The van der Waals surface area contributed by atoms with E-state index >= 15 is 0 Å². The van der Waals surface area contributed by atoms with Gasteiger partial charge in [-0.05, 0) is 25.0 Å². The van der Waals surface area contributed by atoms with Crippen LogP contribution in [0.1, 0.15) is 49.8 Å². The monoisotopic (exact) mass is 292 g/mol. The summed E-state index contributed by atoms with van der Waals surface area (Å²) in [5, 5.41) is 4.00. The number of aromatic nitrogens is 3. The second kappa shape index (κ2) is 7.41. The molecule has 0 saturated carbocycles. The third-order valence-electron chi connectivity index (χ3n) is 3.31. The quantitative estimate of drug-likeness (QED) is 0.819. The molecule has 108 valence electrons. The standard InChI is InChI=1S/C15H21ClN4/c1-3-4-7-14-19-13(15(16)20-14)10-18-11(2)12-6-5-8-17-9-12/h5-6,8-9,11,18H,3-4,7,10H2,1-2H3,(H,19,20)/t11-/m1/s1. The van der Waals surface area contributed by atoms with Gasteiger partial charge in [-0.25, -0.2) is 4.98 Å². The Morgan fingerprint density at radius 3 is 3.00 bits per heavy atom. The molecule has 5 heteroatoms. The van der Waals surface area contributed by atoms with Crippen LogP contribution in [0.25, 0.3) is 0 Å². The lowest BCUT2D eigenvalue weighted by Crippen LogP contribution is -2.18. The second-order valence-electron chi connectivity index (χ2n) is 4.95. The van der Waals surface area contributed by atoms with E-state index in [-0.39, 0.29) is 6.04 Å². The molecule has 2 rings (SSSR count). The van der Waals surface area contributed by atoms with Crippen molar-refractivity contribution in [3.63, 3.8) is 0 Å². The van der Waals surface area contributed by atoms with Crippen LogP contribution in [0.15, 0.2) is 24.5 Å². The number of aryl methyl sites for hydroxylation is 1. The third kappa shape index (κ3) is 4.05. The van der Waals surface area contributed by atoms with E-state index in [2.05, 4.69) is 40.2 Å². The first-order valence-corrected chi connectivity index (χ1v) is 7.45. The minimum atomic E-state index is 0.224. The van der Waals surface area contributed by atoms with Crippen LogP contribution in [-0.2, 0) is 13.0 Å². The van der Waals surface area contributed by atoms with Gasteiger partial charge in [0.2, 0.25) is 0 Å². The Balaban J connectivity index is 1.92. The molecule has 0 aromatic carbocycles. The molecular weight excluding hydrogens is 272 g/mol. The third-order valence-corrected chi connectivity index (χ3v) is 3.63. The molecule has 2 heterocycles. The van der Waals surface area contributed by atoms with E-state index in [0.29, 0.717) is 11.7 Å². The molecule has 2 aromatic heterocycles. The van der Waals surface area contributed by atoms with Crippen LogP contribution in [-0.4, -0.2) is 15.0 Å². The number of rotatable bonds is 7. The topological polar surface area (TPSA) is 53.6 Å². The zero-order chi connectivity index (χ0) is 14.4. The minimum Gasteiger partial charge on any atom is -0.344 e. The van der Waals surface area contributed by atoms with Crippen LogP contribution in [0.3, 0.4) is 0 Å². The number of unbranched alkanes of at least 4 members (excludes halogenated alkanes) is 1. The summed E-state index contributed by atoms with van der Waals surface area (Å²) >= 11 is 6.16. The van der Waals surface area contributed by atoms with E-state index in [1.54, 1.807) is 6.20 Å². The summed E-state index contributed by atoms with van der Waals surface area (Å²) in [6.45, 7) is 4.95. The lowest BCUT2D eigenvalue weighted by Gasteiger charge is -2.12. The van der Waals surface area contributed by atoms with Crippen molar-refractivity contribution in [1.82, 2.24) is 20.3 Å². The van der Waals surface area contributed by atoms with Crippen molar-refractivity contribution in [2.24, 2.45) is 0 Å². The van der Waals surface area contributed by atoms with Gasteiger partial charge in [0.1, 0.15) is 5.82 Å². The number of hydrogen-bond acceptors (Lipinski definition) is 3. The van der Waals surface area contributed by atoms with Crippen molar-refractivity contribution < 1.29 is 0 Å². The molecule has 20 heavy (non-hydrogen) atoms. The molecule has 0 amide bonds. The highest BCUT2D eigenvalue weighted by Gasteiger charge is 2.10. The van der Waals surface area contributed by atoms with Crippen LogP contribution < -0.4 is 5.32 Å². The lowest BCUT2D eigenvalue weighted by atomic mass is 10.1. The molecular formula is C15H21ClN4. The van der Waals surface area contributed by atoms with Crippen molar-refractivity contribution in [3.8, 4) is 0 Å². The highest BCUT2D eigenvalue weighted by molar-refractivity contribution is 6.30. The van der Waals surface area contributed by atoms with E-state index in [0.717, 1.165) is 36.3 Å². The molecule has 2 N–H and O–H groups in total. The highest BCUT2D eigenvalue weighted by Crippen LogP contribution is 2.16. The largest absolute Gasteiger partial charge is 0.344 e. The van der Waals surface area contributed by atoms with Crippen molar-refractivity contribution in [1.29, 1.82) is 0 Å². The Bertz CT molecular complexity index is 524. The molecule has 4 nitrogen and oxygen atoms in total. The molecule has 0 unspecified atom stereocenters. The van der Waals surface area contributed by atoms with Crippen molar-refractivity contribution >= 4 is 11.6 Å². The first-order chi connectivity index (χ1) is 9.70. The van der Waals surface area contributed by atoms with Gasteiger partial charge < -0.3 is 10.3 Å². The normalized spacial score (nSPS) is 12.6. The Labute approximate surface area is 125 Å². The van der Waals surface area contributed by atoms with Crippen LogP contribution in [0.4, 0.5) is 0 Å². The van der Waals surface area contributed by atoms with Crippen molar-refractivity contribution in [3.05, 3.63) is 46.8 Å². The molecule has 0 bridgehead atoms. The van der Waals surface area contributed by atoms with Crippen molar-refractivity contribution in [2.45, 2.75) is 45.7 Å². The predicted molar refractivity (Wildman–Crippen MR) is 81.7 cm³/mol. The van der Waals surface area contributed by atoms with Gasteiger partial charge in [0.15, 0.2) is 5.15 Å². The number of halogens is 1. The molecule has 0 radical (unpaired) electrons. The SMILES string of the molecule is CCCCc1nc(Cl)c(CN[C@H](C)c2cccnc2)[nH]1. The van der Waals surface area contributed by atoms with E-state index < -0.39 is 0 Å². The van der Waals surface area contributed by atoms with Gasteiger partial charge in [-0.2, -0.15) is 0 Å². The minimum absolute atomic E-state index is 0.224.